The molecule has 2 heterocycles. The number of hydrogen-bond acceptors (Lipinski definition) is 11. The van der Waals surface area contributed by atoms with Gasteiger partial charge in [-0.3, -0.25) is 9.59 Å². The summed E-state index contributed by atoms with van der Waals surface area (Å²) in [5, 5.41) is 58.9. The summed E-state index contributed by atoms with van der Waals surface area (Å²) >= 11 is 0. The molecule has 1 amide bonds. The highest BCUT2D eigenvalue weighted by Gasteiger charge is 2.49. The van der Waals surface area contributed by atoms with Crippen LogP contribution in [0.5, 0.6) is 5.75 Å². The SMILES string of the molecule is COc1cccc(NC(=O)c2cccc3cc(-c4cccc5c4c(N)nn5C(=O)/C=C(\C(=O)O)[C@H]4C([C@H](O)CO)O[C@H](O)[C@@H]4O)ccc23)c1. The molecule has 8 N–H and O–H groups in total. The molecule has 0 bridgehead atoms. The molecular weight excluding hydrogens is 636 g/mol. The molecule has 6 rings (SSSR count). The van der Waals surface area contributed by atoms with Crippen molar-refractivity contribution in [2.24, 2.45) is 5.92 Å². The number of rotatable bonds is 9. The first-order chi connectivity index (χ1) is 23.5. The number of aliphatic hydroxyl groups excluding tert-OH is 4. The lowest BCUT2D eigenvalue weighted by Crippen LogP contribution is -2.39. The van der Waals surface area contributed by atoms with Crippen molar-refractivity contribution in [3.63, 3.8) is 0 Å². The monoisotopic (exact) mass is 668 g/mol. The zero-order valence-corrected chi connectivity index (χ0v) is 25.9. The highest BCUT2D eigenvalue weighted by molar-refractivity contribution is 6.14. The Morgan fingerprint density at radius 1 is 1.06 bits per heavy atom. The van der Waals surface area contributed by atoms with Crippen LogP contribution in [-0.4, -0.2) is 91.4 Å². The smallest absolute Gasteiger partial charge is 0.332 e. The first-order valence-corrected chi connectivity index (χ1v) is 15.1. The topological polar surface area (TPSA) is 227 Å². The number of aliphatic hydroxyl groups is 4. The molecule has 1 fully saturated rings. The number of ether oxygens (including phenoxy) is 2. The average molecular weight is 669 g/mol. The second-order valence-corrected chi connectivity index (χ2v) is 11.4. The van der Waals surface area contributed by atoms with Crippen molar-refractivity contribution in [2.75, 3.05) is 24.8 Å². The maximum Gasteiger partial charge on any atom is 0.332 e. The molecule has 1 aliphatic rings. The molecule has 0 aliphatic carbocycles. The quantitative estimate of drug-likeness (QED) is 0.112. The Morgan fingerprint density at radius 3 is 2.55 bits per heavy atom. The number of anilines is 2. The van der Waals surface area contributed by atoms with Crippen molar-refractivity contribution in [2.45, 2.75) is 24.6 Å². The number of carbonyl (C=O) groups is 3. The Hall–Kier alpha value is -5.64. The minimum atomic E-state index is -1.86. The third-order valence-corrected chi connectivity index (χ3v) is 8.47. The lowest BCUT2D eigenvalue weighted by Gasteiger charge is -2.23. The van der Waals surface area contributed by atoms with Gasteiger partial charge in [0.2, 0.25) is 0 Å². The summed E-state index contributed by atoms with van der Waals surface area (Å²) in [4.78, 5) is 39.1. The van der Waals surface area contributed by atoms with Crippen molar-refractivity contribution in [1.82, 2.24) is 9.78 Å². The number of hydrogen-bond donors (Lipinski definition) is 7. The first-order valence-electron chi connectivity index (χ1n) is 15.1. The number of nitrogen functional groups attached to an aromatic ring is 1. The Bertz CT molecular complexity index is 2130. The number of benzene rings is 4. The first kappa shape index (κ1) is 33.3. The van der Waals surface area contributed by atoms with Crippen LogP contribution in [0, 0.1) is 5.92 Å². The molecule has 0 radical (unpaired) electrons. The van der Waals surface area contributed by atoms with E-state index in [1.807, 2.05) is 12.1 Å². The molecule has 1 saturated heterocycles. The number of aliphatic carboxylic acids is 1. The van der Waals surface area contributed by atoms with Crippen LogP contribution in [0.15, 0.2) is 90.5 Å². The van der Waals surface area contributed by atoms with E-state index in [2.05, 4.69) is 10.4 Å². The van der Waals surface area contributed by atoms with Crippen LogP contribution in [0.3, 0.4) is 0 Å². The van der Waals surface area contributed by atoms with E-state index >= 15 is 0 Å². The highest BCUT2D eigenvalue weighted by Crippen LogP contribution is 2.37. The molecule has 49 heavy (non-hydrogen) atoms. The van der Waals surface area contributed by atoms with Crippen molar-refractivity contribution in [3.05, 3.63) is 96.1 Å². The van der Waals surface area contributed by atoms with Gasteiger partial charge in [-0.1, -0.05) is 42.5 Å². The highest BCUT2D eigenvalue weighted by atomic mass is 16.6. The van der Waals surface area contributed by atoms with Crippen molar-refractivity contribution >= 4 is 51.0 Å². The van der Waals surface area contributed by atoms with E-state index in [-0.39, 0.29) is 17.2 Å². The predicted octanol–water partition coefficient (Wildman–Crippen LogP) is 2.40. The van der Waals surface area contributed by atoms with E-state index in [4.69, 9.17) is 15.2 Å². The number of allylic oxidation sites excluding steroid dienone is 1. The summed E-state index contributed by atoms with van der Waals surface area (Å²) in [5.41, 5.74) is 8.23. The molecule has 14 heteroatoms. The number of carboxylic acid groups (broad SMARTS) is 1. The van der Waals surface area contributed by atoms with Gasteiger partial charge in [0.1, 0.15) is 18.0 Å². The minimum absolute atomic E-state index is 0.0241. The number of nitrogens with zero attached hydrogens (tertiary/aromatic N) is 2. The van der Waals surface area contributed by atoms with Crippen LogP contribution in [0.25, 0.3) is 32.8 Å². The zero-order chi connectivity index (χ0) is 35.0. The molecule has 0 spiro atoms. The van der Waals surface area contributed by atoms with Crippen LogP contribution < -0.4 is 15.8 Å². The Labute approximate surface area is 278 Å². The van der Waals surface area contributed by atoms with Gasteiger partial charge in [-0.15, -0.1) is 5.10 Å². The van der Waals surface area contributed by atoms with Crippen LogP contribution in [0.4, 0.5) is 11.5 Å². The summed E-state index contributed by atoms with van der Waals surface area (Å²) in [6, 6.07) is 22.9. The third-order valence-electron chi connectivity index (χ3n) is 8.47. The van der Waals surface area contributed by atoms with Gasteiger partial charge in [0, 0.05) is 23.4 Å². The van der Waals surface area contributed by atoms with Crippen molar-refractivity contribution in [3.8, 4) is 16.9 Å². The van der Waals surface area contributed by atoms with Gasteiger partial charge in [-0.2, -0.15) is 4.68 Å². The molecule has 1 aromatic heterocycles. The molecular formula is C35H32N4O10. The number of carboxylic acids is 1. The Balaban J connectivity index is 1.35. The second-order valence-electron chi connectivity index (χ2n) is 11.4. The lowest BCUT2D eigenvalue weighted by atomic mass is 9.87. The van der Waals surface area contributed by atoms with Crippen LogP contribution >= 0.6 is 0 Å². The van der Waals surface area contributed by atoms with Crippen LogP contribution in [0.1, 0.15) is 15.2 Å². The third kappa shape index (κ3) is 6.22. The van der Waals surface area contributed by atoms with Crippen molar-refractivity contribution in [1.29, 1.82) is 0 Å². The molecule has 252 valence electrons. The molecule has 0 saturated carbocycles. The number of fused-ring (bicyclic) bond motifs is 2. The normalized spacial score (nSPS) is 20.0. The van der Waals surface area contributed by atoms with Gasteiger partial charge in [0.15, 0.2) is 12.1 Å². The van der Waals surface area contributed by atoms with Gasteiger partial charge < -0.3 is 46.1 Å². The minimum Gasteiger partial charge on any atom is -0.497 e. The fourth-order valence-corrected chi connectivity index (χ4v) is 6.14. The summed E-state index contributed by atoms with van der Waals surface area (Å²) < 4.78 is 11.2. The Kier molecular flexibility index (Phi) is 9.14. The predicted molar refractivity (Wildman–Crippen MR) is 178 cm³/mol. The van der Waals surface area contributed by atoms with Gasteiger partial charge in [-0.25, -0.2) is 4.79 Å². The Morgan fingerprint density at radius 2 is 1.82 bits per heavy atom. The van der Waals surface area contributed by atoms with Gasteiger partial charge in [0.25, 0.3) is 11.8 Å². The molecule has 5 aromatic rings. The van der Waals surface area contributed by atoms with E-state index in [0.717, 1.165) is 10.1 Å². The van der Waals surface area contributed by atoms with Gasteiger partial charge in [0.05, 0.1) is 42.2 Å². The number of nitrogens with one attached hydrogen (secondary N) is 1. The van der Waals surface area contributed by atoms with E-state index < -0.39 is 54.6 Å². The maximum absolute atomic E-state index is 13.5. The second kappa shape index (κ2) is 13.5. The fourth-order valence-electron chi connectivity index (χ4n) is 6.14. The van der Waals surface area contributed by atoms with Crippen LogP contribution in [-0.2, 0) is 9.53 Å². The lowest BCUT2D eigenvalue weighted by molar-refractivity contribution is -0.149. The molecule has 14 nitrogen and oxygen atoms in total. The average Bonchev–Trinajstić information content (AvgIpc) is 3.60. The summed E-state index contributed by atoms with van der Waals surface area (Å²) in [6.07, 6.45) is -6.13. The molecule has 1 unspecified atom stereocenters. The standard InChI is InChI=1S/C35H32N4O10/c1-48-20-7-3-6-19(14-20)37-33(44)23-9-2-5-17-13-18(11-12-21(17)23)22-8-4-10-25-28(22)32(36)38-39(25)27(42)15-24(34(45)46)29-30(43)35(47)49-31(29)26(41)16-40/h2-15,26,29-31,35,40-41,43,47H,16H2,1H3,(H2,36,38)(H,37,44)(H,45,46)/b24-15-/t26-,29-,30-,31?,35+/m1/s1. The summed E-state index contributed by atoms with van der Waals surface area (Å²) in [7, 11) is 1.54. The maximum atomic E-state index is 13.5. The van der Waals surface area contributed by atoms with Gasteiger partial charge in [-0.05, 0) is 52.2 Å². The number of carbonyl (C=O) groups excluding carboxylic acids is 2. The molecule has 1 aliphatic heterocycles. The zero-order valence-electron chi connectivity index (χ0n) is 25.9. The van der Waals surface area contributed by atoms with E-state index in [1.165, 1.54) is 0 Å². The number of amides is 1. The van der Waals surface area contributed by atoms with E-state index in [1.54, 1.807) is 73.8 Å². The van der Waals surface area contributed by atoms with Gasteiger partial charge >= 0.3 is 5.97 Å². The summed E-state index contributed by atoms with van der Waals surface area (Å²) in [6.45, 7) is -0.850. The number of methoxy groups -OCH3 is 1. The number of nitrogens with two attached hydrogens (primary N) is 1. The van der Waals surface area contributed by atoms with E-state index in [0.29, 0.717) is 45.0 Å². The largest absolute Gasteiger partial charge is 0.497 e. The van der Waals surface area contributed by atoms with E-state index in [9.17, 15) is 39.9 Å². The van der Waals surface area contributed by atoms with Crippen LogP contribution in [0.2, 0.25) is 0 Å². The number of aromatic nitrogens is 2. The molecule has 4 aromatic carbocycles. The fraction of sp³-hybridized carbons (Fsp3) is 0.200. The van der Waals surface area contributed by atoms with Crippen molar-refractivity contribution < 1.29 is 49.4 Å². The molecule has 5 atom stereocenters. The summed E-state index contributed by atoms with van der Waals surface area (Å²) in [5.74, 6) is -3.85.